The van der Waals surface area contributed by atoms with Gasteiger partial charge in [-0.15, -0.1) is 10.2 Å². The van der Waals surface area contributed by atoms with Gasteiger partial charge in [0.05, 0.1) is 18.2 Å². The van der Waals surface area contributed by atoms with Gasteiger partial charge in [0, 0.05) is 25.1 Å². The summed E-state index contributed by atoms with van der Waals surface area (Å²) in [5.74, 6) is -0.995. The van der Waals surface area contributed by atoms with Crippen LogP contribution in [0.3, 0.4) is 0 Å². The van der Waals surface area contributed by atoms with Gasteiger partial charge in [0.1, 0.15) is 22.4 Å². The summed E-state index contributed by atoms with van der Waals surface area (Å²) in [6.45, 7) is 0.980. The lowest BCUT2D eigenvalue weighted by atomic mass is 9.97. The van der Waals surface area contributed by atoms with Crippen LogP contribution < -0.4 is 4.74 Å². The fourth-order valence-corrected chi connectivity index (χ4v) is 4.53. The molecule has 0 radical (unpaired) electrons. The van der Waals surface area contributed by atoms with E-state index in [4.69, 9.17) is 4.74 Å². The van der Waals surface area contributed by atoms with E-state index in [1.807, 2.05) is 24.3 Å². The highest BCUT2D eigenvalue weighted by atomic mass is 32.1. The van der Waals surface area contributed by atoms with Gasteiger partial charge >= 0.3 is 0 Å². The largest absolute Gasteiger partial charge is 0.496 e. The molecule has 1 amide bonds. The van der Waals surface area contributed by atoms with E-state index in [1.165, 1.54) is 17.4 Å². The summed E-state index contributed by atoms with van der Waals surface area (Å²) < 4.78 is 32.4. The Balaban J connectivity index is 1.44. The molecule has 2 heterocycles. The Morgan fingerprint density at radius 1 is 1.14 bits per heavy atom. The van der Waals surface area contributed by atoms with Crippen molar-refractivity contribution in [3.63, 3.8) is 0 Å². The molecule has 3 aromatic rings. The zero-order valence-electron chi connectivity index (χ0n) is 15.8. The average Bonchev–Trinajstić information content (AvgIpc) is 3.23. The molecule has 0 saturated carbocycles. The highest BCUT2D eigenvalue weighted by Gasteiger charge is 2.28. The van der Waals surface area contributed by atoms with Gasteiger partial charge in [-0.05, 0) is 37.1 Å². The van der Waals surface area contributed by atoms with E-state index in [1.54, 1.807) is 12.0 Å². The number of methoxy groups -OCH3 is 1. The molecule has 0 unspecified atom stereocenters. The first-order valence-electron chi connectivity index (χ1n) is 9.28. The minimum Gasteiger partial charge on any atom is -0.496 e. The van der Waals surface area contributed by atoms with Crippen LogP contribution in [0.5, 0.6) is 5.75 Å². The fraction of sp³-hybridized carbons (Fsp3) is 0.286. The molecule has 1 aromatic heterocycles. The molecule has 1 aliphatic heterocycles. The molecule has 5 nitrogen and oxygen atoms in total. The van der Waals surface area contributed by atoms with Crippen molar-refractivity contribution < 1.29 is 18.3 Å². The molecule has 0 atom stereocenters. The van der Waals surface area contributed by atoms with Crippen molar-refractivity contribution >= 4 is 17.2 Å². The number of carbonyl (C=O) groups excluding carboxylic acids is 1. The van der Waals surface area contributed by atoms with Gasteiger partial charge in [-0.25, -0.2) is 8.78 Å². The summed E-state index contributed by atoms with van der Waals surface area (Å²) >= 11 is 1.52. The Morgan fingerprint density at radius 3 is 2.62 bits per heavy atom. The average molecular weight is 415 g/mol. The SMILES string of the molecule is COc1ccccc1-c1nnc(C2CCN(C(=O)c3ccc(F)cc3F)CC2)s1. The number of nitrogens with zero attached hydrogens (tertiary/aromatic N) is 3. The molecule has 1 saturated heterocycles. The van der Waals surface area contributed by atoms with Crippen LogP contribution in [0.15, 0.2) is 42.5 Å². The number of carbonyl (C=O) groups is 1. The number of hydrogen-bond donors (Lipinski definition) is 0. The number of aromatic nitrogens is 2. The Morgan fingerprint density at radius 2 is 1.90 bits per heavy atom. The number of hydrogen-bond acceptors (Lipinski definition) is 5. The van der Waals surface area contributed by atoms with Gasteiger partial charge in [-0.2, -0.15) is 0 Å². The zero-order chi connectivity index (χ0) is 20.4. The van der Waals surface area contributed by atoms with Crippen LogP contribution in [0.4, 0.5) is 8.78 Å². The molecule has 0 aliphatic carbocycles. The maximum Gasteiger partial charge on any atom is 0.256 e. The summed E-state index contributed by atoms with van der Waals surface area (Å²) in [5.41, 5.74) is 0.803. The number of halogens is 2. The lowest BCUT2D eigenvalue weighted by Crippen LogP contribution is -2.38. The number of amides is 1. The van der Waals surface area contributed by atoms with Crippen LogP contribution in [0, 0.1) is 11.6 Å². The second-order valence-electron chi connectivity index (χ2n) is 6.84. The number of piperidine rings is 1. The summed E-state index contributed by atoms with van der Waals surface area (Å²) in [6.07, 6.45) is 1.43. The first kappa shape index (κ1) is 19.4. The monoisotopic (exact) mass is 415 g/mol. The van der Waals surface area contributed by atoms with Gasteiger partial charge in [-0.1, -0.05) is 23.5 Å². The van der Waals surface area contributed by atoms with E-state index >= 15 is 0 Å². The van der Waals surface area contributed by atoms with E-state index in [2.05, 4.69) is 10.2 Å². The number of likely N-dealkylation sites (tertiary alicyclic amines) is 1. The third kappa shape index (κ3) is 3.98. The molecular weight excluding hydrogens is 396 g/mol. The predicted octanol–water partition coefficient (Wildman–Crippen LogP) is 4.51. The minimum atomic E-state index is -0.831. The van der Waals surface area contributed by atoms with Crippen molar-refractivity contribution in [1.82, 2.24) is 15.1 Å². The highest BCUT2D eigenvalue weighted by Crippen LogP contribution is 2.36. The van der Waals surface area contributed by atoms with Crippen LogP contribution in [0.25, 0.3) is 10.6 Å². The molecule has 150 valence electrons. The molecule has 1 aliphatic rings. The molecule has 0 N–H and O–H groups in total. The van der Waals surface area contributed by atoms with Crippen LogP contribution in [0.1, 0.15) is 34.1 Å². The normalized spacial score (nSPS) is 14.8. The van der Waals surface area contributed by atoms with Crippen LogP contribution in [0.2, 0.25) is 0 Å². The first-order valence-corrected chi connectivity index (χ1v) is 10.1. The van der Waals surface area contributed by atoms with Crippen molar-refractivity contribution in [1.29, 1.82) is 0 Å². The van der Waals surface area contributed by atoms with Crippen LogP contribution >= 0.6 is 11.3 Å². The van der Waals surface area contributed by atoms with Gasteiger partial charge in [-0.3, -0.25) is 4.79 Å². The van der Waals surface area contributed by atoms with Gasteiger partial charge < -0.3 is 9.64 Å². The Bertz CT molecular complexity index is 1030. The quantitative estimate of drug-likeness (QED) is 0.629. The lowest BCUT2D eigenvalue weighted by Gasteiger charge is -2.31. The third-order valence-electron chi connectivity index (χ3n) is 5.07. The van der Waals surface area contributed by atoms with Gasteiger partial charge in [0.2, 0.25) is 0 Å². The number of benzene rings is 2. The van der Waals surface area contributed by atoms with Gasteiger partial charge in [0.15, 0.2) is 5.01 Å². The summed E-state index contributed by atoms with van der Waals surface area (Å²) in [6, 6.07) is 10.7. The number of para-hydroxylation sites is 1. The predicted molar refractivity (Wildman–Crippen MR) is 106 cm³/mol. The molecule has 1 fully saturated rings. The number of ether oxygens (including phenoxy) is 1. The Labute approximate surface area is 171 Å². The molecule has 8 heteroatoms. The summed E-state index contributed by atoms with van der Waals surface area (Å²) in [4.78, 5) is 14.2. The second-order valence-corrected chi connectivity index (χ2v) is 7.85. The van der Waals surface area contributed by atoms with Crippen molar-refractivity contribution in [2.45, 2.75) is 18.8 Å². The van der Waals surface area contributed by atoms with E-state index in [9.17, 15) is 13.6 Å². The maximum absolute atomic E-state index is 13.9. The smallest absolute Gasteiger partial charge is 0.256 e. The van der Waals surface area contributed by atoms with Crippen molar-refractivity contribution in [3.05, 3.63) is 64.7 Å². The molecule has 29 heavy (non-hydrogen) atoms. The maximum atomic E-state index is 13.9. The standard InChI is InChI=1S/C21H19F2N3O2S/c1-28-18-5-3-2-4-16(18)20-25-24-19(29-20)13-8-10-26(11-9-13)21(27)15-7-6-14(22)12-17(15)23/h2-7,12-13H,8-11H2,1H3. The van der Waals surface area contributed by atoms with E-state index in [0.29, 0.717) is 13.1 Å². The summed E-state index contributed by atoms with van der Waals surface area (Å²) in [7, 11) is 1.62. The van der Waals surface area contributed by atoms with Crippen molar-refractivity contribution in [3.8, 4) is 16.3 Å². The van der Waals surface area contributed by atoms with E-state index < -0.39 is 17.5 Å². The third-order valence-corrected chi connectivity index (χ3v) is 6.19. The van der Waals surface area contributed by atoms with E-state index in [0.717, 1.165) is 46.3 Å². The fourth-order valence-electron chi connectivity index (χ4n) is 3.49. The van der Waals surface area contributed by atoms with Gasteiger partial charge in [0.25, 0.3) is 5.91 Å². The molecule has 4 rings (SSSR count). The number of rotatable bonds is 4. The highest BCUT2D eigenvalue weighted by molar-refractivity contribution is 7.14. The van der Waals surface area contributed by atoms with Crippen molar-refractivity contribution in [2.24, 2.45) is 0 Å². The van der Waals surface area contributed by atoms with Crippen molar-refractivity contribution in [2.75, 3.05) is 20.2 Å². The lowest BCUT2D eigenvalue weighted by molar-refractivity contribution is 0.0708. The molecular formula is C21H19F2N3O2S. The summed E-state index contributed by atoms with van der Waals surface area (Å²) in [5, 5.41) is 10.4. The minimum absolute atomic E-state index is 0.0979. The Hall–Kier alpha value is -2.87. The van der Waals surface area contributed by atoms with Crippen LogP contribution in [-0.2, 0) is 0 Å². The Kier molecular flexibility index (Phi) is 5.53. The van der Waals surface area contributed by atoms with Crippen LogP contribution in [-0.4, -0.2) is 41.2 Å². The topological polar surface area (TPSA) is 55.3 Å². The zero-order valence-corrected chi connectivity index (χ0v) is 16.6. The molecule has 0 spiro atoms. The second kappa shape index (κ2) is 8.24. The first-order chi connectivity index (χ1) is 14.1. The molecule has 2 aromatic carbocycles. The molecule has 0 bridgehead atoms. The van der Waals surface area contributed by atoms with E-state index in [-0.39, 0.29) is 11.5 Å².